The Hall–Kier alpha value is -1.06. The SMILES string of the molecule is CN1CCC(O)(CCc2ccc3c(c2)CCO3)CC1. The molecule has 1 aromatic carbocycles. The van der Waals surface area contributed by atoms with Crippen LogP contribution in [-0.2, 0) is 12.8 Å². The molecule has 0 amide bonds. The van der Waals surface area contributed by atoms with E-state index in [2.05, 4.69) is 30.1 Å². The molecule has 1 N–H and O–H groups in total. The minimum Gasteiger partial charge on any atom is -0.493 e. The van der Waals surface area contributed by atoms with Crippen LogP contribution in [-0.4, -0.2) is 42.4 Å². The average Bonchev–Trinajstić information content (AvgIpc) is 2.88. The molecule has 0 saturated carbocycles. The van der Waals surface area contributed by atoms with Gasteiger partial charge in [0.1, 0.15) is 5.75 Å². The van der Waals surface area contributed by atoms with Gasteiger partial charge in [0.25, 0.3) is 0 Å². The normalized spacial score (nSPS) is 22.0. The Bertz CT molecular complexity index is 450. The molecule has 0 unspecified atom stereocenters. The topological polar surface area (TPSA) is 32.7 Å². The highest BCUT2D eigenvalue weighted by Crippen LogP contribution is 2.29. The number of rotatable bonds is 3. The maximum Gasteiger partial charge on any atom is 0.122 e. The molecular formula is C16H23NO2. The number of hydrogen-bond donors (Lipinski definition) is 1. The number of piperidine rings is 1. The van der Waals surface area contributed by atoms with Gasteiger partial charge in [0.15, 0.2) is 0 Å². The predicted molar refractivity (Wildman–Crippen MR) is 75.6 cm³/mol. The quantitative estimate of drug-likeness (QED) is 0.903. The van der Waals surface area contributed by atoms with Gasteiger partial charge in [-0.1, -0.05) is 12.1 Å². The third-order valence-corrected chi connectivity index (χ3v) is 4.55. The summed E-state index contributed by atoms with van der Waals surface area (Å²) in [5.41, 5.74) is 2.20. The molecule has 0 bridgehead atoms. The summed E-state index contributed by atoms with van der Waals surface area (Å²) in [6.45, 7) is 2.83. The van der Waals surface area contributed by atoms with E-state index in [0.29, 0.717) is 0 Å². The summed E-state index contributed by atoms with van der Waals surface area (Å²) in [4.78, 5) is 2.29. The van der Waals surface area contributed by atoms with Crippen molar-refractivity contribution in [3.63, 3.8) is 0 Å². The second kappa shape index (κ2) is 5.14. The van der Waals surface area contributed by atoms with Crippen molar-refractivity contribution >= 4 is 0 Å². The third-order valence-electron chi connectivity index (χ3n) is 4.55. The Morgan fingerprint density at radius 2 is 2.11 bits per heavy atom. The van der Waals surface area contributed by atoms with Crippen molar-refractivity contribution in [1.82, 2.24) is 4.90 Å². The first-order chi connectivity index (χ1) is 9.15. The summed E-state index contributed by atoms with van der Waals surface area (Å²) in [6.07, 6.45) is 4.67. The maximum absolute atomic E-state index is 10.6. The number of ether oxygens (including phenoxy) is 1. The highest BCUT2D eigenvalue weighted by atomic mass is 16.5. The molecule has 2 aliphatic heterocycles. The van der Waals surface area contributed by atoms with Crippen LogP contribution in [0.25, 0.3) is 0 Å². The molecule has 0 radical (unpaired) electrons. The highest BCUT2D eigenvalue weighted by molar-refractivity contribution is 5.39. The van der Waals surface area contributed by atoms with Crippen LogP contribution in [0.1, 0.15) is 30.4 Å². The van der Waals surface area contributed by atoms with Crippen LogP contribution >= 0.6 is 0 Å². The van der Waals surface area contributed by atoms with Gasteiger partial charge in [0.05, 0.1) is 12.2 Å². The fraction of sp³-hybridized carbons (Fsp3) is 0.625. The first-order valence-corrected chi connectivity index (χ1v) is 7.30. The van der Waals surface area contributed by atoms with E-state index in [9.17, 15) is 5.11 Å². The van der Waals surface area contributed by atoms with Crippen LogP contribution in [0.5, 0.6) is 5.75 Å². The Balaban J connectivity index is 1.60. The molecule has 0 spiro atoms. The number of aryl methyl sites for hydroxylation is 1. The zero-order valence-electron chi connectivity index (χ0n) is 11.7. The maximum atomic E-state index is 10.6. The average molecular weight is 261 g/mol. The van der Waals surface area contributed by atoms with Gasteiger partial charge in [-0.15, -0.1) is 0 Å². The molecule has 0 aromatic heterocycles. The molecule has 1 saturated heterocycles. The number of nitrogens with zero attached hydrogens (tertiary/aromatic N) is 1. The molecule has 3 nitrogen and oxygen atoms in total. The van der Waals surface area contributed by atoms with Crippen molar-refractivity contribution in [3.05, 3.63) is 29.3 Å². The fourth-order valence-electron chi connectivity index (χ4n) is 3.06. The molecule has 19 heavy (non-hydrogen) atoms. The summed E-state index contributed by atoms with van der Waals surface area (Å²) in [5, 5.41) is 10.6. The lowest BCUT2D eigenvalue weighted by atomic mass is 9.86. The van der Waals surface area contributed by atoms with E-state index < -0.39 is 5.60 Å². The van der Waals surface area contributed by atoms with Crippen LogP contribution in [0.2, 0.25) is 0 Å². The first-order valence-electron chi connectivity index (χ1n) is 7.30. The number of fused-ring (bicyclic) bond motifs is 1. The number of likely N-dealkylation sites (tertiary alicyclic amines) is 1. The van der Waals surface area contributed by atoms with Crippen LogP contribution in [0.4, 0.5) is 0 Å². The number of benzene rings is 1. The molecule has 0 aliphatic carbocycles. The Morgan fingerprint density at radius 1 is 1.32 bits per heavy atom. The number of hydrogen-bond acceptors (Lipinski definition) is 3. The van der Waals surface area contributed by atoms with Gasteiger partial charge >= 0.3 is 0 Å². The minimum absolute atomic E-state index is 0.456. The minimum atomic E-state index is -0.456. The van der Waals surface area contributed by atoms with Gasteiger partial charge in [-0.3, -0.25) is 0 Å². The lowest BCUT2D eigenvalue weighted by molar-refractivity contribution is -0.0220. The van der Waals surface area contributed by atoms with E-state index in [4.69, 9.17) is 4.74 Å². The lowest BCUT2D eigenvalue weighted by Crippen LogP contribution is -2.42. The summed E-state index contributed by atoms with van der Waals surface area (Å²) in [5.74, 6) is 1.04. The van der Waals surface area contributed by atoms with Gasteiger partial charge in [-0.25, -0.2) is 0 Å². The summed E-state index contributed by atoms with van der Waals surface area (Å²) in [6, 6.07) is 6.47. The van der Waals surface area contributed by atoms with Gasteiger partial charge in [0.2, 0.25) is 0 Å². The van der Waals surface area contributed by atoms with Gasteiger partial charge in [0, 0.05) is 19.5 Å². The van der Waals surface area contributed by atoms with E-state index in [1.165, 1.54) is 11.1 Å². The molecule has 2 aliphatic rings. The Morgan fingerprint density at radius 3 is 2.89 bits per heavy atom. The van der Waals surface area contributed by atoms with Gasteiger partial charge in [-0.2, -0.15) is 0 Å². The van der Waals surface area contributed by atoms with E-state index in [-0.39, 0.29) is 0 Å². The molecule has 104 valence electrons. The largest absolute Gasteiger partial charge is 0.493 e. The summed E-state index contributed by atoms with van der Waals surface area (Å²) in [7, 11) is 2.13. The van der Waals surface area contributed by atoms with E-state index >= 15 is 0 Å². The molecule has 1 fully saturated rings. The van der Waals surface area contributed by atoms with Crippen molar-refractivity contribution in [3.8, 4) is 5.75 Å². The van der Waals surface area contributed by atoms with Gasteiger partial charge < -0.3 is 14.7 Å². The fourth-order valence-corrected chi connectivity index (χ4v) is 3.06. The predicted octanol–water partition coefficient (Wildman–Crippen LogP) is 2.01. The standard InChI is InChI=1S/C16H23NO2/c1-17-9-7-16(18,8-10-17)6-4-13-2-3-15-14(12-13)5-11-19-15/h2-3,12,18H,4-11H2,1H3. The van der Waals surface area contributed by atoms with E-state index in [1.807, 2.05) is 0 Å². The molecule has 1 aromatic rings. The molecule has 3 heteroatoms. The Kier molecular flexibility index (Phi) is 3.50. The van der Waals surface area contributed by atoms with Crippen molar-refractivity contribution < 1.29 is 9.84 Å². The smallest absolute Gasteiger partial charge is 0.122 e. The van der Waals surface area contributed by atoms with Crippen LogP contribution < -0.4 is 4.74 Å². The molecule has 0 atom stereocenters. The third kappa shape index (κ3) is 2.93. The molecule has 3 rings (SSSR count). The zero-order chi connectivity index (χ0) is 13.3. The highest BCUT2D eigenvalue weighted by Gasteiger charge is 2.30. The molecular weight excluding hydrogens is 238 g/mol. The van der Waals surface area contributed by atoms with Crippen molar-refractivity contribution in [2.75, 3.05) is 26.7 Å². The summed E-state index contributed by atoms with van der Waals surface area (Å²) >= 11 is 0. The van der Waals surface area contributed by atoms with Crippen LogP contribution in [0.3, 0.4) is 0 Å². The second-order valence-electron chi connectivity index (χ2n) is 6.07. The molecule has 2 heterocycles. The van der Waals surface area contributed by atoms with E-state index in [1.54, 1.807) is 0 Å². The monoisotopic (exact) mass is 261 g/mol. The lowest BCUT2D eigenvalue weighted by Gasteiger charge is -2.36. The van der Waals surface area contributed by atoms with Crippen LogP contribution in [0, 0.1) is 0 Å². The van der Waals surface area contributed by atoms with Crippen molar-refractivity contribution in [2.45, 2.75) is 37.7 Å². The first kappa shape index (κ1) is 12.9. The van der Waals surface area contributed by atoms with Crippen LogP contribution in [0.15, 0.2) is 18.2 Å². The van der Waals surface area contributed by atoms with E-state index in [0.717, 1.165) is 57.6 Å². The van der Waals surface area contributed by atoms with Crippen molar-refractivity contribution in [2.24, 2.45) is 0 Å². The zero-order valence-corrected chi connectivity index (χ0v) is 11.7. The van der Waals surface area contributed by atoms with Crippen molar-refractivity contribution in [1.29, 1.82) is 0 Å². The number of aliphatic hydroxyl groups is 1. The Labute approximate surface area is 115 Å². The van der Waals surface area contributed by atoms with Gasteiger partial charge in [-0.05, 0) is 49.9 Å². The summed E-state index contributed by atoms with van der Waals surface area (Å²) < 4.78 is 5.52. The second-order valence-corrected chi connectivity index (χ2v) is 6.07.